The van der Waals surface area contributed by atoms with Crippen molar-refractivity contribution < 1.29 is 32.2 Å². The number of halogens is 3. The molecule has 0 aliphatic carbocycles. The van der Waals surface area contributed by atoms with Crippen molar-refractivity contribution >= 4 is 17.8 Å². The number of allylic oxidation sites excluding steroid dienone is 1. The van der Waals surface area contributed by atoms with E-state index < -0.39 is 34.7 Å². The first kappa shape index (κ1) is 26.2. The first-order valence-corrected chi connectivity index (χ1v) is 10.4. The van der Waals surface area contributed by atoms with E-state index in [-0.39, 0.29) is 5.56 Å². The van der Waals surface area contributed by atoms with Crippen molar-refractivity contribution in [1.29, 1.82) is 0 Å². The lowest BCUT2D eigenvalue weighted by Crippen LogP contribution is -2.43. The summed E-state index contributed by atoms with van der Waals surface area (Å²) in [6.45, 7) is 12.3. The molecule has 0 N–H and O–H groups in total. The number of aryl methyl sites for hydroxylation is 2. The molecule has 178 valence electrons. The average Bonchev–Trinajstić information content (AvgIpc) is 2.67. The zero-order chi connectivity index (χ0) is 25.2. The summed E-state index contributed by atoms with van der Waals surface area (Å²) in [6, 6.07) is 7.67. The van der Waals surface area contributed by atoms with Crippen LogP contribution < -0.4 is 4.74 Å². The predicted molar refractivity (Wildman–Crippen MR) is 121 cm³/mol. The summed E-state index contributed by atoms with van der Waals surface area (Å²) < 4.78 is 49.5. The molecule has 2 aromatic carbocycles. The lowest BCUT2D eigenvalue weighted by Gasteiger charge is -2.30. The fourth-order valence-electron chi connectivity index (χ4n) is 3.03. The van der Waals surface area contributed by atoms with Gasteiger partial charge in [-0.15, -0.1) is 0 Å². The highest BCUT2D eigenvalue weighted by molar-refractivity contribution is 6.06. The van der Waals surface area contributed by atoms with E-state index in [1.165, 1.54) is 6.08 Å². The van der Waals surface area contributed by atoms with E-state index in [4.69, 9.17) is 9.47 Å². The molecule has 0 unspecified atom stereocenters. The summed E-state index contributed by atoms with van der Waals surface area (Å²) in [7, 11) is 0. The maximum Gasteiger partial charge on any atom is 0.416 e. The molecule has 2 aromatic rings. The lowest BCUT2D eigenvalue weighted by atomic mass is 10.0. The van der Waals surface area contributed by atoms with E-state index in [2.05, 4.69) is 0 Å². The van der Waals surface area contributed by atoms with Crippen LogP contribution in [0.2, 0.25) is 0 Å². The summed E-state index contributed by atoms with van der Waals surface area (Å²) >= 11 is 0. The van der Waals surface area contributed by atoms with Gasteiger partial charge in [0.15, 0.2) is 11.4 Å². The van der Waals surface area contributed by atoms with E-state index >= 15 is 0 Å². The molecule has 0 radical (unpaired) electrons. The molecule has 0 heterocycles. The Morgan fingerprint density at radius 2 is 1.39 bits per heavy atom. The normalized spacial score (nSPS) is 12.7. The molecule has 0 saturated carbocycles. The number of carbonyl (C=O) groups is 2. The number of rotatable bonds is 6. The molecule has 0 saturated heterocycles. The highest BCUT2D eigenvalue weighted by Gasteiger charge is 2.35. The van der Waals surface area contributed by atoms with Gasteiger partial charge in [0.1, 0.15) is 11.4 Å². The highest BCUT2D eigenvalue weighted by atomic mass is 19.4. The van der Waals surface area contributed by atoms with Crippen LogP contribution in [0.5, 0.6) is 5.75 Å². The maximum atomic E-state index is 12.7. The minimum Gasteiger partial charge on any atom is -0.476 e. The number of esters is 1. The Morgan fingerprint density at radius 1 is 0.879 bits per heavy atom. The van der Waals surface area contributed by atoms with Crippen LogP contribution in [0.25, 0.3) is 6.08 Å². The number of ketones is 1. The molecular formula is C26H29F3O4. The van der Waals surface area contributed by atoms with Crippen molar-refractivity contribution in [3.63, 3.8) is 0 Å². The standard InChI is InChI=1S/C26H29F3O4/c1-16-14-18(8-13-21(30)19-9-11-20(12-10-19)26(27,28)29)15-17(2)22(16)32-25(6,7)23(31)33-24(3,4)5/h8-15H,1-7H3. The summed E-state index contributed by atoms with van der Waals surface area (Å²) in [5.41, 5.74) is -0.269. The van der Waals surface area contributed by atoms with Crippen LogP contribution in [0, 0.1) is 13.8 Å². The number of hydrogen-bond acceptors (Lipinski definition) is 4. The van der Waals surface area contributed by atoms with Gasteiger partial charge in [-0.25, -0.2) is 4.79 Å². The predicted octanol–water partition coefficient (Wildman–Crippen LogP) is 6.72. The summed E-state index contributed by atoms with van der Waals surface area (Å²) in [4.78, 5) is 24.9. The Balaban J connectivity index is 2.18. The van der Waals surface area contributed by atoms with Gasteiger partial charge in [0.05, 0.1) is 5.56 Å². The lowest BCUT2D eigenvalue weighted by molar-refractivity contribution is -0.171. The van der Waals surface area contributed by atoms with E-state index in [0.717, 1.165) is 35.4 Å². The third-order valence-electron chi connectivity index (χ3n) is 4.65. The van der Waals surface area contributed by atoms with Gasteiger partial charge >= 0.3 is 12.1 Å². The Hall–Kier alpha value is -3.09. The Bertz CT molecular complexity index is 1030. The summed E-state index contributed by atoms with van der Waals surface area (Å²) in [6.07, 6.45) is -1.56. The van der Waals surface area contributed by atoms with E-state index in [1.54, 1.807) is 52.8 Å². The van der Waals surface area contributed by atoms with Crippen molar-refractivity contribution in [2.75, 3.05) is 0 Å². The van der Waals surface area contributed by atoms with Gasteiger partial charge in [-0.05, 0) is 95.5 Å². The van der Waals surface area contributed by atoms with Crippen molar-refractivity contribution in [2.24, 2.45) is 0 Å². The van der Waals surface area contributed by atoms with Crippen LogP contribution in [-0.4, -0.2) is 23.0 Å². The van der Waals surface area contributed by atoms with Crippen LogP contribution in [-0.2, 0) is 15.7 Å². The van der Waals surface area contributed by atoms with Crippen LogP contribution in [0.15, 0.2) is 42.5 Å². The van der Waals surface area contributed by atoms with Crippen LogP contribution in [0.3, 0.4) is 0 Å². The molecule has 0 aromatic heterocycles. The molecule has 33 heavy (non-hydrogen) atoms. The molecule has 0 aliphatic rings. The second-order valence-electron chi connectivity index (χ2n) is 9.37. The minimum absolute atomic E-state index is 0.159. The van der Waals surface area contributed by atoms with Gasteiger partial charge in [-0.1, -0.05) is 18.2 Å². The molecule has 0 bridgehead atoms. The fraction of sp³-hybridized carbons (Fsp3) is 0.385. The second kappa shape index (κ2) is 9.41. The average molecular weight is 463 g/mol. The molecule has 0 fully saturated rings. The largest absolute Gasteiger partial charge is 0.476 e. The Morgan fingerprint density at radius 3 is 1.85 bits per heavy atom. The van der Waals surface area contributed by atoms with Gasteiger partial charge in [0.25, 0.3) is 0 Å². The number of hydrogen-bond donors (Lipinski definition) is 0. The van der Waals surface area contributed by atoms with Gasteiger partial charge in [0, 0.05) is 5.56 Å². The van der Waals surface area contributed by atoms with Crippen LogP contribution in [0.1, 0.15) is 67.2 Å². The number of ether oxygens (including phenoxy) is 2. The third-order valence-corrected chi connectivity index (χ3v) is 4.65. The second-order valence-corrected chi connectivity index (χ2v) is 9.37. The van der Waals surface area contributed by atoms with Crippen molar-refractivity contribution in [1.82, 2.24) is 0 Å². The van der Waals surface area contributed by atoms with Gasteiger partial charge in [-0.3, -0.25) is 4.79 Å². The summed E-state index contributed by atoms with van der Waals surface area (Å²) in [5.74, 6) is -0.359. The van der Waals surface area contributed by atoms with E-state index in [1.807, 2.05) is 13.8 Å². The van der Waals surface area contributed by atoms with Crippen molar-refractivity contribution in [2.45, 2.75) is 65.8 Å². The molecule has 0 atom stereocenters. The Kier molecular flexibility index (Phi) is 7.46. The molecule has 0 aliphatic heterocycles. The van der Waals surface area contributed by atoms with Gasteiger partial charge in [0.2, 0.25) is 0 Å². The van der Waals surface area contributed by atoms with Crippen LogP contribution in [0.4, 0.5) is 13.2 Å². The zero-order valence-corrected chi connectivity index (χ0v) is 19.9. The first-order chi connectivity index (χ1) is 15.0. The number of carbonyl (C=O) groups excluding carboxylic acids is 2. The molecule has 4 nitrogen and oxygen atoms in total. The third kappa shape index (κ3) is 7.20. The first-order valence-electron chi connectivity index (χ1n) is 10.4. The smallest absolute Gasteiger partial charge is 0.416 e. The SMILES string of the molecule is Cc1cc(C=CC(=O)c2ccc(C(F)(F)F)cc2)cc(C)c1OC(C)(C)C(=O)OC(C)(C)C. The fourth-order valence-corrected chi connectivity index (χ4v) is 3.03. The van der Waals surface area contributed by atoms with Gasteiger partial charge < -0.3 is 9.47 Å². The number of benzene rings is 2. The topological polar surface area (TPSA) is 52.6 Å². The molecular weight excluding hydrogens is 433 g/mol. The number of alkyl halides is 3. The zero-order valence-electron chi connectivity index (χ0n) is 19.9. The monoisotopic (exact) mass is 462 g/mol. The minimum atomic E-state index is -4.45. The van der Waals surface area contributed by atoms with Gasteiger partial charge in [-0.2, -0.15) is 13.2 Å². The van der Waals surface area contributed by atoms with Crippen molar-refractivity contribution in [3.05, 3.63) is 70.3 Å². The van der Waals surface area contributed by atoms with E-state index in [9.17, 15) is 22.8 Å². The summed E-state index contributed by atoms with van der Waals surface area (Å²) in [5, 5.41) is 0. The van der Waals surface area contributed by atoms with Crippen molar-refractivity contribution in [3.8, 4) is 5.75 Å². The quantitative estimate of drug-likeness (QED) is 0.272. The molecule has 0 amide bonds. The maximum absolute atomic E-state index is 12.7. The van der Waals surface area contributed by atoms with E-state index in [0.29, 0.717) is 11.3 Å². The van der Waals surface area contributed by atoms with Crippen LogP contribution >= 0.6 is 0 Å². The molecule has 7 heteroatoms. The highest BCUT2D eigenvalue weighted by Crippen LogP contribution is 2.31. The Labute approximate surface area is 192 Å². The molecule has 2 rings (SSSR count). The molecule has 0 spiro atoms.